The second kappa shape index (κ2) is 10.8. The molecule has 0 radical (unpaired) electrons. The zero-order valence-electron chi connectivity index (χ0n) is 16.1. The molecule has 2 rings (SSSR count). The molecule has 7 nitrogen and oxygen atoms in total. The molecule has 2 N–H and O–H groups in total. The summed E-state index contributed by atoms with van der Waals surface area (Å²) in [6.45, 7) is 9.69. The summed E-state index contributed by atoms with van der Waals surface area (Å²) in [6.07, 6.45) is 1.77. The second-order valence-electron chi connectivity index (χ2n) is 6.09. The van der Waals surface area contributed by atoms with Crippen LogP contribution in [-0.4, -0.2) is 40.4 Å². The van der Waals surface area contributed by atoms with Crippen LogP contribution in [0.1, 0.15) is 31.1 Å². The minimum absolute atomic E-state index is 0.120. The highest BCUT2D eigenvalue weighted by Gasteiger charge is 2.26. The van der Waals surface area contributed by atoms with Gasteiger partial charge < -0.3 is 10.1 Å². The van der Waals surface area contributed by atoms with Crippen LogP contribution in [0, 0.1) is 5.92 Å². The van der Waals surface area contributed by atoms with Gasteiger partial charge in [-0.15, -0.1) is 16.8 Å². The predicted molar refractivity (Wildman–Crippen MR) is 113 cm³/mol. The number of hydrogen-bond donors (Lipinski definition) is 2. The quantitative estimate of drug-likeness (QED) is 0.346. The molecule has 2 amide bonds. The maximum absolute atomic E-state index is 12.7. The number of carbonyl (C=O) groups excluding carboxylic acids is 2. The van der Waals surface area contributed by atoms with Crippen LogP contribution in [0.4, 0.5) is 5.13 Å². The third-order valence-corrected chi connectivity index (χ3v) is 5.60. The monoisotopic (exact) mass is 420 g/mol. The molecule has 28 heavy (non-hydrogen) atoms. The summed E-state index contributed by atoms with van der Waals surface area (Å²) >= 11 is 2.77. The number of aromatic nitrogens is 2. The van der Waals surface area contributed by atoms with Crippen molar-refractivity contribution in [2.45, 2.75) is 31.2 Å². The van der Waals surface area contributed by atoms with E-state index in [9.17, 15) is 9.59 Å². The van der Waals surface area contributed by atoms with Crippen LogP contribution < -0.4 is 15.4 Å². The first-order valence-corrected chi connectivity index (χ1v) is 10.7. The summed E-state index contributed by atoms with van der Waals surface area (Å²) in [4.78, 5) is 25.4. The number of anilines is 1. The zero-order chi connectivity index (χ0) is 20.5. The Kier molecular flexibility index (Phi) is 8.46. The van der Waals surface area contributed by atoms with Gasteiger partial charge in [0.15, 0.2) is 4.34 Å². The topological polar surface area (TPSA) is 93.2 Å². The SMILES string of the molecule is C=CCSc1nnc(NC(=O)[C@@H](NC(=O)c2ccccc2OCC)C(C)C)s1. The smallest absolute Gasteiger partial charge is 0.255 e. The molecule has 150 valence electrons. The number of hydrogen-bond acceptors (Lipinski definition) is 7. The lowest BCUT2D eigenvalue weighted by Gasteiger charge is -2.21. The number of rotatable bonds is 10. The van der Waals surface area contributed by atoms with E-state index in [4.69, 9.17) is 4.74 Å². The lowest BCUT2D eigenvalue weighted by molar-refractivity contribution is -0.118. The Hall–Kier alpha value is -2.39. The van der Waals surface area contributed by atoms with Gasteiger partial charge in [-0.25, -0.2) is 0 Å². The highest BCUT2D eigenvalue weighted by Crippen LogP contribution is 2.25. The Morgan fingerprint density at radius 2 is 2.07 bits per heavy atom. The molecule has 0 bridgehead atoms. The first kappa shape index (κ1) is 21.9. The lowest BCUT2D eigenvalue weighted by atomic mass is 10.0. The zero-order valence-corrected chi connectivity index (χ0v) is 17.7. The van der Waals surface area contributed by atoms with E-state index in [1.54, 1.807) is 30.3 Å². The van der Waals surface area contributed by atoms with Crippen molar-refractivity contribution >= 4 is 40.0 Å². The fourth-order valence-corrected chi connectivity index (χ4v) is 3.84. The van der Waals surface area contributed by atoms with Gasteiger partial charge in [-0.3, -0.25) is 14.9 Å². The largest absolute Gasteiger partial charge is 0.493 e. The van der Waals surface area contributed by atoms with Gasteiger partial charge in [-0.05, 0) is 25.0 Å². The van der Waals surface area contributed by atoms with Crippen molar-refractivity contribution in [3.05, 3.63) is 42.5 Å². The van der Waals surface area contributed by atoms with Crippen molar-refractivity contribution in [1.82, 2.24) is 15.5 Å². The van der Waals surface area contributed by atoms with Crippen LogP contribution in [0.3, 0.4) is 0 Å². The number of nitrogens with one attached hydrogen (secondary N) is 2. The van der Waals surface area contributed by atoms with Crippen LogP contribution >= 0.6 is 23.1 Å². The van der Waals surface area contributed by atoms with Crippen molar-refractivity contribution in [1.29, 1.82) is 0 Å². The molecule has 0 aliphatic heterocycles. The molecule has 0 saturated heterocycles. The Labute approximate surface area is 173 Å². The predicted octanol–water partition coefficient (Wildman–Crippen LogP) is 3.61. The van der Waals surface area contributed by atoms with Gasteiger partial charge in [0.25, 0.3) is 5.91 Å². The summed E-state index contributed by atoms with van der Waals surface area (Å²) in [7, 11) is 0. The second-order valence-corrected chi connectivity index (χ2v) is 8.33. The molecule has 1 aromatic carbocycles. The summed E-state index contributed by atoms with van der Waals surface area (Å²) in [6, 6.07) is 6.23. The Morgan fingerprint density at radius 3 is 2.75 bits per heavy atom. The van der Waals surface area contributed by atoms with Gasteiger partial charge in [-0.2, -0.15) is 0 Å². The molecule has 0 aliphatic carbocycles. The van der Waals surface area contributed by atoms with Crippen LogP contribution in [0.15, 0.2) is 41.3 Å². The normalized spacial score (nSPS) is 11.7. The number of ether oxygens (including phenoxy) is 1. The van der Waals surface area contributed by atoms with E-state index in [2.05, 4.69) is 27.4 Å². The first-order valence-electron chi connectivity index (χ1n) is 8.87. The Morgan fingerprint density at radius 1 is 1.32 bits per heavy atom. The fourth-order valence-electron chi connectivity index (χ4n) is 2.32. The van der Waals surface area contributed by atoms with Gasteiger partial charge in [0.2, 0.25) is 11.0 Å². The van der Waals surface area contributed by atoms with Gasteiger partial charge in [-0.1, -0.05) is 55.2 Å². The fraction of sp³-hybridized carbons (Fsp3) is 0.368. The molecule has 2 aromatic rings. The number of benzene rings is 1. The van der Waals surface area contributed by atoms with Crippen molar-refractivity contribution < 1.29 is 14.3 Å². The van der Waals surface area contributed by atoms with Crippen molar-refractivity contribution in [3.8, 4) is 5.75 Å². The minimum Gasteiger partial charge on any atom is -0.493 e. The number of para-hydroxylation sites is 1. The van der Waals surface area contributed by atoms with E-state index in [-0.39, 0.29) is 17.7 Å². The molecule has 1 aromatic heterocycles. The van der Waals surface area contributed by atoms with Gasteiger partial charge in [0, 0.05) is 5.75 Å². The highest BCUT2D eigenvalue weighted by molar-refractivity contribution is 8.01. The number of thioether (sulfide) groups is 1. The van der Waals surface area contributed by atoms with Crippen LogP contribution in [-0.2, 0) is 4.79 Å². The average Bonchev–Trinajstić information content (AvgIpc) is 3.11. The molecular weight excluding hydrogens is 396 g/mol. The van der Waals surface area contributed by atoms with Crippen LogP contribution in [0.2, 0.25) is 0 Å². The van der Waals surface area contributed by atoms with E-state index in [0.717, 1.165) is 4.34 Å². The molecule has 0 aliphatic rings. The molecule has 9 heteroatoms. The summed E-state index contributed by atoms with van der Waals surface area (Å²) < 4.78 is 6.25. The third-order valence-electron chi connectivity index (χ3n) is 3.63. The summed E-state index contributed by atoms with van der Waals surface area (Å²) in [5, 5.41) is 13.9. The van der Waals surface area contributed by atoms with Crippen LogP contribution in [0.25, 0.3) is 0 Å². The summed E-state index contributed by atoms with van der Waals surface area (Å²) in [5.41, 5.74) is 0.391. The molecule has 1 atom stereocenters. The van der Waals surface area contributed by atoms with E-state index in [0.29, 0.717) is 28.8 Å². The Bertz CT molecular complexity index is 823. The number of carbonyl (C=O) groups is 2. The van der Waals surface area contributed by atoms with E-state index >= 15 is 0 Å². The Balaban J connectivity index is 2.08. The average molecular weight is 421 g/mol. The van der Waals surface area contributed by atoms with E-state index < -0.39 is 6.04 Å². The van der Waals surface area contributed by atoms with Crippen molar-refractivity contribution in [3.63, 3.8) is 0 Å². The molecule has 0 unspecified atom stereocenters. The standard InChI is InChI=1S/C19H24N4O3S2/c1-5-11-27-19-23-22-18(28-19)21-17(25)15(12(3)4)20-16(24)13-9-7-8-10-14(13)26-6-2/h5,7-10,12,15H,1,6,11H2,2-4H3,(H,20,24)(H,21,22,25)/t15-/m0/s1. The van der Waals surface area contributed by atoms with Crippen molar-refractivity contribution in [2.75, 3.05) is 17.7 Å². The molecule has 0 spiro atoms. The van der Waals surface area contributed by atoms with Crippen molar-refractivity contribution in [2.24, 2.45) is 5.92 Å². The first-order chi connectivity index (χ1) is 13.5. The number of nitrogens with zero attached hydrogens (tertiary/aromatic N) is 2. The van der Waals surface area contributed by atoms with Gasteiger partial charge >= 0.3 is 0 Å². The number of amides is 2. The molecule has 1 heterocycles. The van der Waals surface area contributed by atoms with Crippen LogP contribution in [0.5, 0.6) is 5.75 Å². The van der Waals surface area contributed by atoms with Gasteiger partial charge in [0.1, 0.15) is 11.8 Å². The highest BCUT2D eigenvalue weighted by atomic mass is 32.2. The maximum Gasteiger partial charge on any atom is 0.255 e. The molecular formula is C19H24N4O3S2. The summed E-state index contributed by atoms with van der Waals surface area (Å²) in [5.74, 6) is 0.377. The molecule has 0 saturated carbocycles. The lowest BCUT2D eigenvalue weighted by Crippen LogP contribution is -2.47. The molecule has 0 fully saturated rings. The maximum atomic E-state index is 12.7. The van der Waals surface area contributed by atoms with E-state index in [1.807, 2.05) is 20.8 Å². The third kappa shape index (κ3) is 6.07. The minimum atomic E-state index is -0.727. The van der Waals surface area contributed by atoms with Gasteiger partial charge in [0.05, 0.1) is 12.2 Å². The van der Waals surface area contributed by atoms with E-state index in [1.165, 1.54) is 23.1 Å².